The number of rotatable bonds is 4. The highest BCUT2D eigenvalue weighted by Crippen LogP contribution is 2.43. The second-order valence-electron chi connectivity index (χ2n) is 7.87. The van der Waals surface area contributed by atoms with Crippen LogP contribution in [0.15, 0.2) is 35.2 Å². The number of carbonyl (C=O) groups excluding carboxylic acids is 1. The summed E-state index contributed by atoms with van der Waals surface area (Å²) in [5.41, 5.74) is 1.15. The van der Waals surface area contributed by atoms with Gasteiger partial charge in [0.15, 0.2) is 0 Å². The molecule has 2 atom stereocenters. The minimum atomic E-state index is -3.97. The largest absolute Gasteiger partial charge is 0.505 e. The van der Waals surface area contributed by atoms with E-state index < -0.39 is 14.9 Å². The van der Waals surface area contributed by atoms with Gasteiger partial charge >= 0.3 is 0 Å². The maximum Gasteiger partial charge on any atom is 0.261 e. The number of aryl methyl sites for hydroxylation is 1. The number of aromatic hydroxyl groups is 1. The number of hydrogen-bond acceptors (Lipinski definition) is 5. The number of likely N-dealkylation sites (tertiary alicyclic amines) is 1. The van der Waals surface area contributed by atoms with Crippen molar-refractivity contribution in [3.63, 3.8) is 0 Å². The molecule has 6 nitrogen and oxygen atoms in total. The summed E-state index contributed by atoms with van der Waals surface area (Å²) in [6.07, 6.45) is 2.00. The van der Waals surface area contributed by atoms with Gasteiger partial charge in [0.1, 0.15) is 11.6 Å². The molecule has 2 heterocycles. The molecule has 31 heavy (non-hydrogen) atoms. The number of anilines is 1. The minimum Gasteiger partial charge on any atom is -0.505 e. The monoisotopic (exact) mass is 486 g/mol. The molecule has 1 amide bonds. The van der Waals surface area contributed by atoms with Gasteiger partial charge in [0.05, 0.1) is 21.2 Å². The molecule has 4 rings (SSSR count). The van der Waals surface area contributed by atoms with Crippen molar-refractivity contribution in [3.8, 4) is 5.75 Å². The Bertz CT molecular complexity index is 1140. The fourth-order valence-electron chi connectivity index (χ4n) is 4.55. The Hall–Kier alpha value is -2.03. The molecule has 2 aromatic carbocycles. The van der Waals surface area contributed by atoms with Gasteiger partial charge in [0, 0.05) is 35.9 Å². The minimum absolute atomic E-state index is 0.0322. The predicted molar refractivity (Wildman–Crippen MR) is 117 cm³/mol. The molecule has 1 N–H and O–H groups in total. The summed E-state index contributed by atoms with van der Waals surface area (Å²) in [5, 5.41) is 10.9. The van der Waals surface area contributed by atoms with Crippen LogP contribution in [-0.4, -0.2) is 49.5 Å². The van der Waals surface area contributed by atoms with Crippen molar-refractivity contribution < 1.29 is 22.7 Å². The van der Waals surface area contributed by atoms with E-state index in [1.807, 2.05) is 11.8 Å². The second kappa shape index (κ2) is 8.15. The molecule has 2 aromatic rings. The molecule has 0 aliphatic carbocycles. The number of fused-ring (bicyclic) bond motifs is 2. The number of carbonyl (C=O) groups is 1. The van der Waals surface area contributed by atoms with Crippen LogP contribution in [-0.2, 0) is 15.5 Å². The van der Waals surface area contributed by atoms with Crippen molar-refractivity contribution in [2.45, 2.75) is 43.2 Å². The summed E-state index contributed by atoms with van der Waals surface area (Å²) in [6, 6.07) is 6.27. The Morgan fingerprint density at radius 1 is 1.19 bits per heavy atom. The highest BCUT2D eigenvalue weighted by atomic mass is 35.7. The average molecular weight is 487 g/mol. The van der Waals surface area contributed by atoms with Gasteiger partial charge in [0.2, 0.25) is 0 Å². The maximum absolute atomic E-state index is 13.4. The highest BCUT2D eigenvalue weighted by molar-refractivity contribution is 8.13. The number of benzene rings is 2. The van der Waals surface area contributed by atoms with Crippen molar-refractivity contribution >= 4 is 42.9 Å². The molecular formula is C21H21Cl2FN2O4S. The van der Waals surface area contributed by atoms with Crippen molar-refractivity contribution in [2.75, 3.05) is 18.0 Å². The Morgan fingerprint density at radius 2 is 1.84 bits per heavy atom. The first-order valence-electron chi connectivity index (χ1n) is 9.93. The molecule has 0 saturated carbocycles. The van der Waals surface area contributed by atoms with Crippen LogP contribution in [0.25, 0.3) is 0 Å². The van der Waals surface area contributed by atoms with Gasteiger partial charge in [-0.1, -0.05) is 18.5 Å². The van der Waals surface area contributed by atoms with E-state index in [0.717, 1.165) is 18.9 Å². The zero-order chi connectivity index (χ0) is 22.5. The lowest BCUT2D eigenvalue weighted by molar-refractivity contribution is 0.0718. The van der Waals surface area contributed by atoms with Crippen LogP contribution < -0.4 is 4.90 Å². The average Bonchev–Trinajstić information content (AvgIpc) is 2.95. The summed E-state index contributed by atoms with van der Waals surface area (Å²) in [4.78, 5) is 16.6. The Labute approximate surface area is 189 Å². The first-order valence-corrected chi connectivity index (χ1v) is 12.6. The second-order valence-corrected chi connectivity index (χ2v) is 10.8. The zero-order valence-electron chi connectivity index (χ0n) is 16.7. The van der Waals surface area contributed by atoms with E-state index in [0.29, 0.717) is 30.8 Å². The lowest BCUT2D eigenvalue weighted by atomic mass is 10.1. The SMILES string of the molecule is CCc1cc(S(=O)(=O)Cl)cc(N2C3CCC2CN(C(=O)c2ccc(F)cc2Cl)C3)c1O. The summed E-state index contributed by atoms with van der Waals surface area (Å²) in [6.45, 7) is 2.57. The third-order valence-electron chi connectivity index (χ3n) is 6.01. The van der Waals surface area contributed by atoms with E-state index >= 15 is 0 Å². The van der Waals surface area contributed by atoms with Gasteiger partial charge in [-0.25, -0.2) is 12.8 Å². The van der Waals surface area contributed by atoms with Crippen LogP contribution in [0.3, 0.4) is 0 Å². The molecule has 0 spiro atoms. The van der Waals surface area contributed by atoms with Crippen LogP contribution >= 0.6 is 22.3 Å². The van der Waals surface area contributed by atoms with Crippen LogP contribution in [0.4, 0.5) is 10.1 Å². The molecule has 0 aromatic heterocycles. The van der Waals surface area contributed by atoms with E-state index in [9.17, 15) is 22.7 Å². The first kappa shape index (κ1) is 22.2. The number of phenolic OH excluding ortho intramolecular Hbond substituents is 1. The molecule has 2 aliphatic heterocycles. The zero-order valence-corrected chi connectivity index (χ0v) is 19.0. The Morgan fingerprint density at radius 3 is 2.39 bits per heavy atom. The van der Waals surface area contributed by atoms with Gasteiger partial charge in [0.25, 0.3) is 15.0 Å². The number of hydrogen-bond donors (Lipinski definition) is 1. The van der Waals surface area contributed by atoms with Crippen molar-refractivity contribution in [3.05, 3.63) is 52.3 Å². The number of halogens is 3. The molecule has 2 saturated heterocycles. The lowest BCUT2D eigenvalue weighted by Gasteiger charge is -2.43. The van der Waals surface area contributed by atoms with Gasteiger partial charge in [-0.3, -0.25) is 4.79 Å². The molecule has 2 fully saturated rings. The lowest BCUT2D eigenvalue weighted by Crippen LogP contribution is -2.55. The molecular weight excluding hydrogens is 466 g/mol. The predicted octanol–water partition coefficient (Wildman–Crippen LogP) is 4.17. The Kier molecular flexibility index (Phi) is 5.83. The van der Waals surface area contributed by atoms with Crippen LogP contribution in [0, 0.1) is 5.82 Å². The summed E-state index contributed by atoms with van der Waals surface area (Å²) in [5.74, 6) is -0.760. The van der Waals surface area contributed by atoms with Crippen LogP contribution in [0.2, 0.25) is 5.02 Å². The van der Waals surface area contributed by atoms with Gasteiger partial charge in [-0.15, -0.1) is 0 Å². The van der Waals surface area contributed by atoms with Gasteiger partial charge in [-0.2, -0.15) is 0 Å². The standard InChI is InChI=1S/C21H21Cl2FN2O4S/c1-2-12-7-16(31(23,29)30)9-19(20(12)27)26-14-4-5-15(26)11-25(10-14)21(28)17-6-3-13(24)8-18(17)22/h3,6-9,14-15,27H,2,4-5,10-11H2,1H3. The number of phenols is 1. The molecule has 10 heteroatoms. The molecule has 166 valence electrons. The van der Waals surface area contributed by atoms with Crippen molar-refractivity contribution in [2.24, 2.45) is 0 Å². The number of piperazine rings is 1. The molecule has 2 bridgehead atoms. The number of nitrogens with zero attached hydrogens (tertiary/aromatic N) is 2. The maximum atomic E-state index is 13.4. The molecule has 2 unspecified atom stereocenters. The Balaban J connectivity index is 1.66. The quantitative estimate of drug-likeness (QED) is 0.656. The number of amides is 1. The summed E-state index contributed by atoms with van der Waals surface area (Å²) >= 11 is 6.07. The van der Waals surface area contributed by atoms with Crippen LogP contribution in [0.1, 0.15) is 35.7 Å². The summed E-state index contributed by atoms with van der Waals surface area (Å²) in [7, 11) is 1.61. The highest BCUT2D eigenvalue weighted by Gasteiger charge is 2.43. The van der Waals surface area contributed by atoms with Gasteiger partial charge < -0.3 is 14.9 Å². The van der Waals surface area contributed by atoms with Crippen LogP contribution in [0.5, 0.6) is 5.75 Å². The third kappa shape index (κ3) is 4.08. The topological polar surface area (TPSA) is 77.9 Å². The van der Waals surface area contributed by atoms with E-state index in [1.54, 1.807) is 4.90 Å². The molecule has 2 aliphatic rings. The fourth-order valence-corrected chi connectivity index (χ4v) is 5.60. The van der Waals surface area contributed by atoms with E-state index in [-0.39, 0.29) is 39.2 Å². The first-order chi connectivity index (χ1) is 14.6. The third-order valence-corrected chi connectivity index (χ3v) is 7.66. The normalized spacial score (nSPS) is 20.9. The van der Waals surface area contributed by atoms with E-state index in [2.05, 4.69) is 0 Å². The van der Waals surface area contributed by atoms with Crippen molar-refractivity contribution in [1.82, 2.24) is 4.90 Å². The van der Waals surface area contributed by atoms with E-state index in [1.165, 1.54) is 24.3 Å². The van der Waals surface area contributed by atoms with E-state index in [4.69, 9.17) is 22.3 Å². The molecule has 0 radical (unpaired) electrons. The summed E-state index contributed by atoms with van der Waals surface area (Å²) < 4.78 is 37.3. The fraction of sp³-hybridized carbons (Fsp3) is 0.381. The van der Waals surface area contributed by atoms with Crippen molar-refractivity contribution in [1.29, 1.82) is 0 Å². The van der Waals surface area contributed by atoms with Gasteiger partial charge in [-0.05, 0) is 55.2 Å². The smallest absolute Gasteiger partial charge is 0.261 e.